The number of hydrogen-bond donors (Lipinski definition) is 2. The van der Waals surface area contributed by atoms with Crippen molar-refractivity contribution in [1.82, 2.24) is 0 Å². The van der Waals surface area contributed by atoms with Crippen molar-refractivity contribution in [3.8, 4) is 0 Å². The highest BCUT2D eigenvalue weighted by atomic mass is 19.4. The molecule has 2 nitrogen and oxygen atoms in total. The molecule has 0 radical (unpaired) electrons. The molecule has 1 rings (SSSR count). The second-order valence-electron chi connectivity index (χ2n) is 4.52. The molecule has 1 aromatic carbocycles. The summed E-state index contributed by atoms with van der Waals surface area (Å²) in [5.74, 6) is 0. The lowest BCUT2D eigenvalue weighted by Gasteiger charge is -2.08. The fourth-order valence-corrected chi connectivity index (χ4v) is 1.72. The molecule has 0 amide bonds. The number of anilines is 1. The SMILES string of the molecule is OCCCCCNc1ccc(CCC(F)(F)F)cc1. The number of unbranched alkanes of at least 4 members (excludes halogenated alkanes) is 2. The van der Waals surface area contributed by atoms with Crippen LogP contribution in [0.5, 0.6) is 0 Å². The zero-order chi connectivity index (χ0) is 14.1. The third kappa shape index (κ3) is 7.72. The summed E-state index contributed by atoms with van der Waals surface area (Å²) in [5.41, 5.74) is 1.61. The molecular weight excluding hydrogens is 255 g/mol. The smallest absolute Gasteiger partial charge is 0.389 e. The number of nitrogens with one attached hydrogen (secondary N) is 1. The lowest BCUT2D eigenvalue weighted by atomic mass is 10.1. The molecule has 0 aliphatic heterocycles. The Balaban J connectivity index is 2.27. The highest BCUT2D eigenvalue weighted by Gasteiger charge is 2.26. The van der Waals surface area contributed by atoms with E-state index in [0.717, 1.165) is 31.5 Å². The topological polar surface area (TPSA) is 32.3 Å². The molecule has 0 saturated carbocycles. The van der Waals surface area contributed by atoms with E-state index >= 15 is 0 Å². The van der Waals surface area contributed by atoms with Crippen LogP contribution in [0.25, 0.3) is 0 Å². The second kappa shape index (κ2) is 8.04. The summed E-state index contributed by atoms with van der Waals surface area (Å²) < 4.78 is 36.2. The summed E-state index contributed by atoms with van der Waals surface area (Å²) in [7, 11) is 0. The molecule has 1 aromatic rings. The summed E-state index contributed by atoms with van der Waals surface area (Å²) in [6.07, 6.45) is -2.10. The van der Waals surface area contributed by atoms with Gasteiger partial charge in [0.1, 0.15) is 0 Å². The minimum atomic E-state index is -4.09. The molecule has 0 aromatic heterocycles. The maximum Gasteiger partial charge on any atom is 0.389 e. The van der Waals surface area contributed by atoms with Crippen molar-refractivity contribution >= 4 is 5.69 Å². The van der Waals surface area contributed by atoms with Crippen LogP contribution in [0.3, 0.4) is 0 Å². The summed E-state index contributed by atoms with van der Waals surface area (Å²) in [5, 5.41) is 11.8. The number of aryl methyl sites for hydroxylation is 1. The highest BCUT2D eigenvalue weighted by Crippen LogP contribution is 2.22. The Morgan fingerprint density at radius 2 is 1.68 bits per heavy atom. The Morgan fingerprint density at radius 3 is 2.26 bits per heavy atom. The van der Waals surface area contributed by atoms with E-state index in [1.807, 2.05) is 0 Å². The third-order valence-electron chi connectivity index (χ3n) is 2.82. The van der Waals surface area contributed by atoms with Gasteiger partial charge in [-0.05, 0) is 43.4 Å². The van der Waals surface area contributed by atoms with E-state index in [1.54, 1.807) is 24.3 Å². The van der Waals surface area contributed by atoms with Crippen molar-refractivity contribution in [3.05, 3.63) is 29.8 Å². The van der Waals surface area contributed by atoms with E-state index in [4.69, 9.17) is 5.11 Å². The summed E-state index contributed by atoms with van der Waals surface area (Å²) in [6.45, 7) is 1.02. The molecule has 5 heteroatoms. The molecule has 0 fully saturated rings. The van der Waals surface area contributed by atoms with E-state index in [9.17, 15) is 13.2 Å². The summed E-state index contributed by atoms with van der Waals surface area (Å²) in [6, 6.07) is 7.05. The van der Waals surface area contributed by atoms with Crippen molar-refractivity contribution in [2.45, 2.75) is 38.3 Å². The van der Waals surface area contributed by atoms with Gasteiger partial charge in [-0.2, -0.15) is 13.2 Å². The standard InChI is InChI=1S/C14H20F3NO/c15-14(16,17)9-8-12-4-6-13(7-5-12)18-10-2-1-3-11-19/h4-7,18-19H,1-3,8-11H2. The van der Waals surface area contributed by atoms with Crippen molar-refractivity contribution in [1.29, 1.82) is 0 Å². The maximum absolute atomic E-state index is 12.1. The Bertz CT molecular complexity index is 349. The predicted octanol–water partition coefficient (Wildman–Crippen LogP) is 3.76. The normalized spacial score (nSPS) is 11.6. The summed E-state index contributed by atoms with van der Waals surface area (Å²) >= 11 is 0. The van der Waals surface area contributed by atoms with E-state index in [2.05, 4.69) is 5.32 Å². The predicted molar refractivity (Wildman–Crippen MR) is 70.2 cm³/mol. The molecule has 19 heavy (non-hydrogen) atoms. The van der Waals surface area contributed by atoms with Crippen LogP contribution in [0.15, 0.2) is 24.3 Å². The average Bonchev–Trinajstić information content (AvgIpc) is 2.37. The number of alkyl halides is 3. The van der Waals surface area contributed by atoms with Crippen molar-refractivity contribution in [2.75, 3.05) is 18.5 Å². The highest BCUT2D eigenvalue weighted by molar-refractivity contribution is 5.44. The lowest BCUT2D eigenvalue weighted by molar-refractivity contribution is -0.133. The lowest BCUT2D eigenvalue weighted by Crippen LogP contribution is -2.08. The minimum Gasteiger partial charge on any atom is -0.396 e. The van der Waals surface area contributed by atoms with Gasteiger partial charge in [0.05, 0.1) is 0 Å². The molecule has 0 saturated heterocycles. The Morgan fingerprint density at radius 1 is 1.00 bits per heavy atom. The Labute approximate surface area is 111 Å². The first-order valence-electron chi connectivity index (χ1n) is 6.52. The van der Waals surface area contributed by atoms with E-state index in [0.29, 0.717) is 5.56 Å². The number of halogens is 3. The van der Waals surface area contributed by atoms with Gasteiger partial charge in [0.25, 0.3) is 0 Å². The van der Waals surface area contributed by atoms with Gasteiger partial charge in [0.2, 0.25) is 0 Å². The molecule has 0 aliphatic carbocycles. The number of hydrogen-bond acceptors (Lipinski definition) is 2. The van der Waals surface area contributed by atoms with Crippen LogP contribution in [0.1, 0.15) is 31.2 Å². The van der Waals surface area contributed by atoms with E-state index in [1.165, 1.54) is 0 Å². The fraction of sp³-hybridized carbons (Fsp3) is 0.571. The Hall–Kier alpha value is -1.23. The first kappa shape index (κ1) is 15.8. The van der Waals surface area contributed by atoms with Crippen LogP contribution in [0.4, 0.5) is 18.9 Å². The van der Waals surface area contributed by atoms with Gasteiger partial charge in [-0.3, -0.25) is 0 Å². The van der Waals surface area contributed by atoms with Gasteiger partial charge in [0, 0.05) is 25.3 Å². The maximum atomic E-state index is 12.1. The average molecular weight is 275 g/mol. The Kier molecular flexibility index (Phi) is 6.70. The monoisotopic (exact) mass is 275 g/mol. The van der Waals surface area contributed by atoms with Gasteiger partial charge in [0.15, 0.2) is 0 Å². The van der Waals surface area contributed by atoms with Crippen LogP contribution in [-0.2, 0) is 6.42 Å². The molecule has 0 aliphatic rings. The largest absolute Gasteiger partial charge is 0.396 e. The molecular formula is C14H20F3NO. The number of benzene rings is 1. The summed E-state index contributed by atoms with van der Waals surface area (Å²) in [4.78, 5) is 0. The van der Waals surface area contributed by atoms with Gasteiger partial charge in [-0.15, -0.1) is 0 Å². The number of rotatable bonds is 8. The first-order chi connectivity index (χ1) is 9.01. The van der Waals surface area contributed by atoms with Crippen LogP contribution < -0.4 is 5.32 Å². The molecule has 0 spiro atoms. The van der Waals surface area contributed by atoms with Crippen molar-refractivity contribution in [2.24, 2.45) is 0 Å². The number of aliphatic hydroxyl groups is 1. The second-order valence-corrected chi connectivity index (χ2v) is 4.52. The van der Waals surface area contributed by atoms with Crippen molar-refractivity contribution < 1.29 is 18.3 Å². The van der Waals surface area contributed by atoms with Crippen LogP contribution in [0, 0.1) is 0 Å². The molecule has 0 atom stereocenters. The van der Waals surface area contributed by atoms with Crippen LogP contribution >= 0.6 is 0 Å². The molecule has 0 bridgehead atoms. The van der Waals surface area contributed by atoms with Gasteiger partial charge in [-0.25, -0.2) is 0 Å². The van der Waals surface area contributed by atoms with E-state index < -0.39 is 12.6 Å². The van der Waals surface area contributed by atoms with Crippen molar-refractivity contribution in [3.63, 3.8) is 0 Å². The van der Waals surface area contributed by atoms with Crippen LogP contribution in [0.2, 0.25) is 0 Å². The van der Waals surface area contributed by atoms with Gasteiger partial charge < -0.3 is 10.4 Å². The van der Waals surface area contributed by atoms with E-state index in [-0.39, 0.29) is 13.0 Å². The zero-order valence-electron chi connectivity index (χ0n) is 10.8. The number of aliphatic hydroxyl groups excluding tert-OH is 1. The van der Waals surface area contributed by atoms with Gasteiger partial charge in [-0.1, -0.05) is 12.1 Å². The third-order valence-corrected chi connectivity index (χ3v) is 2.82. The van der Waals surface area contributed by atoms with Gasteiger partial charge >= 0.3 is 6.18 Å². The first-order valence-corrected chi connectivity index (χ1v) is 6.52. The minimum absolute atomic E-state index is 0.0281. The van der Waals surface area contributed by atoms with Crippen LogP contribution in [-0.4, -0.2) is 24.4 Å². The molecule has 2 N–H and O–H groups in total. The fourth-order valence-electron chi connectivity index (χ4n) is 1.72. The molecule has 0 unspecified atom stereocenters. The zero-order valence-corrected chi connectivity index (χ0v) is 10.8. The molecule has 0 heterocycles. The quantitative estimate of drug-likeness (QED) is 0.708. The molecule has 108 valence electrons.